The van der Waals surface area contributed by atoms with Gasteiger partial charge in [0.05, 0.1) is 18.6 Å². The van der Waals surface area contributed by atoms with Gasteiger partial charge in [-0.05, 0) is 36.4 Å². The van der Waals surface area contributed by atoms with Crippen LogP contribution in [0.15, 0.2) is 54.6 Å². The van der Waals surface area contributed by atoms with E-state index in [1.165, 1.54) is 7.11 Å². The summed E-state index contributed by atoms with van der Waals surface area (Å²) in [5.41, 5.74) is 6.32. The number of rotatable bonds is 8. The summed E-state index contributed by atoms with van der Waals surface area (Å²) in [5.74, 6) is 1.26. The quantitative estimate of drug-likeness (QED) is 0.728. The molecular weight excluding hydrogens is 358 g/mol. The molecule has 148 valence electrons. The topological polar surface area (TPSA) is 93.9 Å². The lowest BCUT2D eigenvalue weighted by Crippen LogP contribution is -2.40. The van der Waals surface area contributed by atoms with Gasteiger partial charge >= 0.3 is 0 Å². The van der Waals surface area contributed by atoms with E-state index in [0.29, 0.717) is 12.3 Å². The number of methoxy groups -OCH3 is 1. The van der Waals surface area contributed by atoms with E-state index in [9.17, 15) is 9.59 Å². The number of ether oxygens (including phenoxy) is 2. The Labute approximate surface area is 164 Å². The molecular formula is C21H25N3O4. The van der Waals surface area contributed by atoms with E-state index in [4.69, 9.17) is 15.2 Å². The number of nitrogens with two attached hydrogens (primary N) is 1. The fourth-order valence-corrected chi connectivity index (χ4v) is 3.13. The molecule has 3 N–H and O–H groups in total. The Kier molecular flexibility index (Phi) is 6.62. The number of hydrogen-bond acceptors (Lipinski definition) is 5. The monoisotopic (exact) mass is 383 g/mol. The zero-order valence-electron chi connectivity index (χ0n) is 15.8. The summed E-state index contributed by atoms with van der Waals surface area (Å²) in [6.45, 7) is 0.709. The van der Waals surface area contributed by atoms with E-state index in [1.807, 2.05) is 54.6 Å². The standard InChI is InChI=1S/C21H25N3O4/c1-27-19(13-22)12-20(25)23-15-11-21(26)24(14-15)16-7-9-18(10-8-16)28-17-5-3-2-4-6-17/h2-10,15,19H,11-14,22H2,1H3,(H,23,25). The summed E-state index contributed by atoms with van der Waals surface area (Å²) in [4.78, 5) is 26.2. The second-order valence-corrected chi connectivity index (χ2v) is 6.68. The van der Waals surface area contributed by atoms with E-state index < -0.39 is 0 Å². The van der Waals surface area contributed by atoms with Crippen LogP contribution in [-0.2, 0) is 14.3 Å². The van der Waals surface area contributed by atoms with E-state index in [2.05, 4.69) is 5.32 Å². The van der Waals surface area contributed by atoms with E-state index in [-0.39, 0.29) is 43.3 Å². The number of nitrogens with one attached hydrogen (secondary N) is 1. The number of nitrogens with zero attached hydrogens (tertiary/aromatic N) is 1. The fourth-order valence-electron chi connectivity index (χ4n) is 3.13. The molecule has 7 nitrogen and oxygen atoms in total. The molecule has 0 spiro atoms. The first-order valence-corrected chi connectivity index (χ1v) is 9.24. The van der Waals surface area contributed by atoms with Gasteiger partial charge in [0.2, 0.25) is 11.8 Å². The maximum absolute atomic E-state index is 12.4. The van der Waals surface area contributed by atoms with Gasteiger partial charge in [-0.3, -0.25) is 9.59 Å². The maximum atomic E-state index is 12.4. The van der Waals surface area contributed by atoms with Crippen molar-refractivity contribution in [1.29, 1.82) is 0 Å². The first kappa shape index (κ1) is 19.9. The van der Waals surface area contributed by atoms with Crippen LogP contribution in [0.1, 0.15) is 12.8 Å². The van der Waals surface area contributed by atoms with Crippen molar-refractivity contribution in [3.63, 3.8) is 0 Å². The molecule has 1 fully saturated rings. The van der Waals surface area contributed by atoms with Gasteiger partial charge in [0.15, 0.2) is 0 Å². The SMILES string of the molecule is COC(CN)CC(=O)NC1CC(=O)N(c2ccc(Oc3ccccc3)cc2)C1. The Morgan fingerprint density at radius 2 is 1.86 bits per heavy atom. The van der Waals surface area contributed by atoms with Crippen LogP contribution < -0.4 is 20.7 Å². The largest absolute Gasteiger partial charge is 0.457 e. The summed E-state index contributed by atoms with van der Waals surface area (Å²) in [6, 6.07) is 16.6. The summed E-state index contributed by atoms with van der Waals surface area (Å²) >= 11 is 0. The average molecular weight is 383 g/mol. The Hall–Kier alpha value is -2.90. The maximum Gasteiger partial charge on any atom is 0.229 e. The average Bonchev–Trinajstić information content (AvgIpc) is 3.07. The molecule has 1 aliphatic rings. The predicted octanol–water partition coefficient (Wildman–Crippen LogP) is 2.06. The highest BCUT2D eigenvalue weighted by atomic mass is 16.5. The molecule has 1 aliphatic heterocycles. The van der Waals surface area contributed by atoms with Gasteiger partial charge in [0.1, 0.15) is 11.5 Å². The van der Waals surface area contributed by atoms with Crippen LogP contribution in [0.3, 0.4) is 0 Å². The molecule has 2 amide bonds. The predicted molar refractivity (Wildman–Crippen MR) is 106 cm³/mol. The van der Waals surface area contributed by atoms with Crippen molar-refractivity contribution in [3.8, 4) is 11.5 Å². The molecule has 0 radical (unpaired) electrons. The molecule has 1 heterocycles. The summed E-state index contributed by atoms with van der Waals surface area (Å²) in [6.07, 6.45) is 0.141. The second-order valence-electron chi connectivity index (χ2n) is 6.68. The van der Waals surface area contributed by atoms with Crippen molar-refractivity contribution < 1.29 is 19.1 Å². The minimum Gasteiger partial charge on any atom is -0.457 e. The molecule has 2 aromatic carbocycles. The molecule has 1 saturated heterocycles. The van der Waals surface area contributed by atoms with Crippen LogP contribution in [0.2, 0.25) is 0 Å². The van der Waals surface area contributed by atoms with Crippen LogP contribution in [-0.4, -0.2) is 44.2 Å². The minimum absolute atomic E-state index is 0.0239. The van der Waals surface area contributed by atoms with Crippen LogP contribution in [0.5, 0.6) is 11.5 Å². The number of benzene rings is 2. The van der Waals surface area contributed by atoms with Gasteiger partial charge in [-0.25, -0.2) is 0 Å². The molecule has 2 unspecified atom stereocenters. The van der Waals surface area contributed by atoms with Gasteiger partial charge in [0, 0.05) is 32.3 Å². The third-order valence-corrected chi connectivity index (χ3v) is 4.63. The van der Waals surface area contributed by atoms with E-state index in [0.717, 1.165) is 11.4 Å². The van der Waals surface area contributed by atoms with Gasteiger partial charge < -0.3 is 25.4 Å². The van der Waals surface area contributed by atoms with Crippen molar-refractivity contribution in [2.24, 2.45) is 5.73 Å². The zero-order chi connectivity index (χ0) is 19.9. The van der Waals surface area contributed by atoms with Gasteiger partial charge in [0.25, 0.3) is 0 Å². The van der Waals surface area contributed by atoms with Crippen LogP contribution >= 0.6 is 0 Å². The number of carbonyl (C=O) groups excluding carboxylic acids is 2. The molecule has 0 aliphatic carbocycles. The Bertz CT molecular complexity index is 791. The first-order chi connectivity index (χ1) is 13.6. The summed E-state index contributed by atoms with van der Waals surface area (Å²) in [7, 11) is 1.52. The third kappa shape index (κ3) is 5.09. The Morgan fingerprint density at radius 3 is 2.50 bits per heavy atom. The highest BCUT2D eigenvalue weighted by Crippen LogP contribution is 2.27. The van der Waals surface area contributed by atoms with Gasteiger partial charge in [-0.1, -0.05) is 18.2 Å². The Morgan fingerprint density at radius 1 is 1.18 bits per heavy atom. The second kappa shape index (κ2) is 9.34. The number of hydrogen-bond donors (Lipinski definition) is 2. The molecule has 28 heavy (non-hydrogen) atoms. The van der Waals surface area contributed by atoms with E-state index in [1.54, 1.807) is 4.90 Å². The van der Waals surface area contributed by atoms with Crippen molar-refractivity contribution in [3.05, 3.63) is 54.6 Å². The lowest BCUT2D eigenvalue weighted by molar-refractivity contribution is -0.124. The van der Waals surface area contributed by atoms with Crippen molar-refractivity contribution in [1.82, 2.24) is 5.32 Å². The Balaban J connectivity index is 1.57. The third-order valence-electron chi connectivity index (χ3n) is 4.63. The lowest BCUT2D eigenvalue weighted by Gasteiger charge is -2.18. The minimum atomic E-state index is -0.314. The lowest BCUT2D eigenvalue weighted by atomic mass is 10.2. The highest BCUT2D eigenvalue weighted by Gasteiger charge is 2.31. The van der Waals surface area contributed by atoms with E-state index >= 15 is 0 Å². The number of carbonyl (C=O) groups is 2. The molecule has 0 bridgehead atoms. The summed E-state index contributed by atoms with van der Waals surface area (Å²) in [5, 5.41) is 2.89. The van der Waals surface area contributed by atoms with Gasteiger partial charge in [-0.2, -0.15) is 0 Å². The molecule has 2 atom stereocenters. The van der Waals surface area contributed by atoms with Crippen molar-refractivity contribution in [2.75, 3.05) is 25.1 Å². The zero-order valence-corrected chi connectivity index (χ0v) is 15.8. The molecule has 0 saturated carbocycles. The van der Waals surface area contributed by atoms with Crippen molar-refractivity contribution in [2.45, 2.75) is 25.0 Å². The van der Waals surface area contributed by atoms with Crippen LogP contribution in [0.4, 0.5) is 5.69 Å². The highest BCUT2D eigenvalue weighted by molar-refractivity contribution is 5.96. The van der Waals surface area contributed by atoms with Crippen LogP contribution in [0.25, 0.3) is 0 Å². The van der Waals surface area contributed by atoms with Crippen molar-refractivity contribution >= 4 is 17.5 Å². The first-order valence-electron chi connectivity index (χ1n) is 9.24. The molecule has 7 heteroatoms. The molecule has 3 rings (SSSR count). The van der Waals surface area contributed by atoms with Gasteiger partial charge in [-0.15, -0.1) is 0 Å². The summed E-state index contributed by atoms with van der Waals surface area (Å²) < 4.78 is 10.9. The molecule has 0 aromatic heterocycles. The molecule has 2 aromatic rings. The fraction of sp³-hybridized carbons (Fsp3) is 0.333. The normalized spacial score (nSPS) is 17.4. The smallest absolute Gasteiger partial charge is 0.229 e. The number of para-hydroxylation sites is 1. The number of anilines is 1. The van der Waals surface area contributed by atoms with Crippen LogP contribution in [0, 0.1) is 0 Å². The number of amides is 2.